The second kappa shape index (κ2) is 8.67. The topological polar surface area (TPSA) is 66.6 Å². The summed E-state index contributed by atoms with van der Waals surface area (Å²) in [6.07, 6.45) is 9.36. The summed E-state index contributed by atoms with van der Waals surface area (Å²) in [6, 6.07) is 0.291. The molecule has 1 unspecified atom stereocenters. The highest BCUT2D eigenvalue weighted by Gasteiger charge is 2.37. The van der Waals surface area contributed by atoms with E-state index in [1.807, 2.05) is 0 Å². The van der Waals surface area contributed by atoms with E-state index in [4.69, 9.17) is 5.73 Å². The zero-order valence-corrected chi connectivity index (χ0v) is 14.7. The van der Waals surface area contributed by atoms with Crippen molar-refractivity contribution >= 4 is 22.6 Å². The Morgan fingerprint density at radius 2 is 1.71 bits per heavy atom. The molecular weight excluding hydrogens is 310 g/mol. The minimum absolute atomic E-state index is 0. The van der Waals surface area contributed by atoms with Crippen LogP contribution in [0.1, 0.15) is 57.8 Å². The van der Waals surface area contributed by atoms with E-state index in [2.05, 4.69) is 0 Å². The number of nitrogens with zero attached hydrogens (tertiary/aromatic N) is 2. The third kappa shape index (κ3) is 4.55. The van der Waals surface area contributed by atoms with Crippen LogP contribution in [0.25, 0.3) is 0 Å². The van der Waals surface area contributed by atoms with Gasteiger partial charge in [0.15, 0.2) is 0 Å². The first-order valence-corrected chi connectivity index (χ1v) is 9.42. The molecule has 1 aliphatic carbocycles. The Morgan fingerprint density at radius 1 is 1.10 bits per heavy atom. The van der Waals surface area contributed by atoms with Gasteiger partial charge in [0.2, 0.25) is 0 Å². The standard InChI is InChI=1S/C14H29N3O2S.ClH/c1-16(13-7-3-2-4-8-13)20(18,19)17-12-6-5-9-14(17)10-11-15;/h13-14H,2-12,15H2,1H3;1H. The Labute approximate surface area is 135 Å². The molecule has 0 aromatic heterocycles. The molecule has 1 saturated carbocycles. The quantitative estimate of drug-likeness (QED) is 0.834. The summed E-state index contributed by atoms with van der Waals surface area (Å²) in [5.41, 5.74) is 5.65. The van der Waals surface area contributed by atoms with Crippen molar-refractivity contribution in [3.8, 4) is 0 Å². The Balaban J connectivity index is 0.00000220. The molecule has 0 spiro atoms. The lowest BCUT2D eigenvalue weighted by molar-refractivity contribution is 0.208. The van der Waals surface area contributed by atoms with Crippen LogP contribution >= 0.6 is 12.4 Å². The maximum atomic E-state index is 12.9. The molecule has 1 heterocycles. The summed E-state index contributed by atoms with van der Waals surface area (Å²) in [6.45, 7) is 1.22. The van der Waals surface area contributed by atoms with Crippen molar-refractivity contribution < 1.29 is 8.42 Å². The van der Waals surface area contributed by atoms with Gasteiger partial charge in [-0.15, -0.1) is 12.4 Å². The fraction of sp³-hybridized carbons (Fsp3) is 1.00. The fourth-order valence-electron chi connectivity index (χ4n) is 3.56. The van der Waals surface area contributed by atoms with Gasteiger partial charge in [0.05, 0.1) is 0 Å². The Hall–Kier alpha value is 0.120. The predicted molar refractivity (Wildman–Crippen MR) is 88.8 cm³/mol. The van der Waals surface area contributed by atoms with Gasteiger partial charge in [0.1, 0.15) is 0 Å². The normalized spacial score (nSPS) is 25.8. The Kier molecular flexibility index (Phi) is 7.92. The van der Waals surface area contributed by atoms with Gasteiger partial charge in [0, 0.05) is 25.7 Å². The zero-order chi connectivity index (χ0) is 14.6. The molecule has 126 valence electrons. The molecule has 5 nitrogen and oxygen atoms in total. The molecular formula is C14H30ClN3O2S. The van der Waals surface area contributed by atoms with Crippen molar-refractivity contribution in [2.75, 3.05) is 20.1 Å². The number of hydrogen-bond donors (Lipinski definition) is 1. The average molecular weight is 340 g/mol. The number of hydrogen-bond acceptors (Lipinski definition) is 3. The van der Waals surface area contributed by atoms with Crippen molar-refractivity contribution in [3.05, 3.63) is 0 Å². The number of halogens is 1. The fourth-order valence-corrected chi connectivity index (χ4v) is 5.42. The highest BCUT2D eigenvalue weighted by atomic mass is 35.5. The molecule has 1 saturated heterocycles. The third-order valence-electron chi connectivity index (χ3n) is 4.82. The molecule has 2 rings (SSSR count). The molecule has 0 amide bonds. The lowest BCUT2D eigenvalue weighted by atomic mass is 9.96. The van der Waals surface area contributed by atoms with Gasteiger partial charge in [-0.25, -0.2) is 0 Å². The summed E-state index contributed by atoms with van der Waals surface area (Å²) >= 11 is 0. The number of piperidine rings is 1. The molecule has 0 radical (unpaired) electrons. The van der Waals surface area contributed by atoms with Crippen LogP contribution in [-0.4, -0.2) is 49.2 Å². The van der Waals surface area contributed by atoms with Crippen molar-refractivity contribution in [2.24, 2.45) is 5.73 Å². The van der Waals surface area contributed by atoms with Gasteiger partial charge in [-0.2, -0.15) is 17.0 Å². The second-order valence-electron chi connectivity index (χ2n) is 6.15. The van der Waals surface area contributed by atoms with E-state index in [9.17, 15) is 8.42 Å². The van der Waals surface area contributed by atoms with Gasteiger partial charge < -0.3 is 5.73 Å². The summed E-state index contributed by atoms with van der Waals surface area (Å²) < 4.78 is 29.1. The van der Waals surface area contributed by atoms with Crippen molar-refractivity contribution in [1.82, 2.24) is 8.61 Å². The zero-order valence-electron chi connectivity index (χ0n) is 13.0. The average Bonchev–Trinajstić information content (AvgIpc) is 2.48. The van der Waals surface area contributed by atoms with Gasteiger partial charge in [0.25, 0.3) is 10.2 Å². The molecule has 1 aliphatic heterocycles. The highest BCUT2D eigenvalue weighted by Crippen LogP contribution is 2.28. The van der Waals surface area contributed by atoms with Crippen molar-refractivity contribution in [1.29, 1.82) is 0 Å². The van der Waals surface area contributed by atoms with Gasteiger partial charge in [-0.05, 0) is 38.6 Å². The van der Waals surface area contributed by atoms with E-state index in [1.165, 1.54) is 6.42 Å². The molecule has 2 N–H and O–H groups in total. The van der Waals surface area contributed by atoms with E-state index < -0.39 is 10.2 Å². The summed E-state index contributed by atoms with van der Waals surface area (Å²) in [4.78, 5) is 0. The summed E-state index contributed by atoms with van der Waals surface area (Å²) in [5, 5.41) is 0. The van der Waals surface area contributed by atoms with E-state index in [1.54, 1.807) is 15.7 Å². The molecule has 1 atom stereocenters. The largest absolute Gasteiger partial charge is 0.330 e. The van der Waals surface area contributed by atoms with Gasteiger partial charge in [-0.3, -0.25) is 0 Å². The first-order valence-electron chi connectivity index (χ1n) is 8.02. The van der Waals surface area contributed by atoms with Crippen LogP contribution in [0.2, 0.25) is 0 Å². The summed E-state index contributed by atoms with van der Waals surface area (Å²) in [7, 11) is -1.56. The first-order chi connectivity index (χ1) is 9.57. The van der Waals surface area contributed by atoms with E-state index in [-0.39, 0.29) is 24.5 Å². The lowest BCUT2D eigenvalue weighted by Gasteiger charge is -2.40. The van der Waals surface area contributed by atoms with E-state index in [0.717, 1.165) is 51.4 Å². The number of rotatable bonds is 5. The van der Waals surface area contributed by atoms with Crippen molar-refractivity contribution in [2.45, 2.75) is 69.9 Å². The van der Waals surface area contributed by atoms with Crippen LogP contribution in [0.15, 0.2) is 0 Å². The molecule has 2 fully saturated rings. The van der Waals surface area contributed by atoms with Crippen LogP contribution < -0.4 is 5.73 Å². The minimum Gasteiger partial charge on any atom is -0.330 e. The van der Waals surface area contributed by atoms with Gasteiger partial charge in [-0.1, -0.05) is 25.7 Å². The van der Waals surface area contributed by atoms with Crippen LogP contribution in [0, 0.1) is 0 Å². The Morgan fingerprint density at radius 3 is 2.33 bits per heavy atom. The van der Waals surface area contributed by atoms with Crippen LogP contribution in [0.3, 0.4) is 0 Å². The smallest absolute Gasteiger partial charge is 0.282 e. The molecule has 21 heavy (non-hydrogen) atoms. The van der Waals surface area contributed by atoms with Crippen molar-refractivity contribution in [3.63, 3.8) is 0 Å². The second-order valence-corrected chi connectivity index (χ2v) is 8.09. The highest BCUT2D eigenvalue weighted by molar-refractivity contribution is 7.86. The lowest BCUT2D eigenvalue weighted by Crippen LogP contribution is -2.52. The minimum atomic E-state index is -3.32. The van der Waals surface area contributed by atoms with Crippen LogP contribution in [-0.2, 0) is 10.2 Å². The third-order valence-corrected chi connectivity index (χ3v) is 6.92. The van der Waals surface area contributed by atoms with E-state index >= 15 is 0 Å². The first kappa shape index (κ1) is 19.2. The maximum absolute atomic E-state index is 12.9. The molecule has 0 aromatic carbocycles. The molecule has 0 bridgehead atoms. The molecule has 7 heteroatoms. The monoisotopic (exact) mass is 339 g/mol. The molecule has 2 aliphatic rings. The maximum Gasteiger partial charge on any atom is 0.282 e. The summed E-state index contributed by atoms with van der Waals surface area (Å²) in [5.74, 6) is 0. The van der Waals surface area contributed by atoms with Crippen LogP contribution in [0.4, 0.5) is 0 Å². The molecule has 0 aromatic rings. The Bertz CT molecular complexity index is 397. The predicted octanol–water partition coefficient (Wildman–Crippen LogP) is 2.12. The van der Waals surface area contributed by atoms with Gasteiger partial charge >= 0.3 is 0 Å². The van der Waals surface area contributed by atoms with Crippen LogP contribution in [0.5, 0.6) is 0 Å². The SMILES string of the molecule is CN(C1CCCCC1)S(=O)(=O)N1CCCCC1CCN.Cl. The number of nitrogens with two attached hydrogens (primary N) is 1. The van der Waals surface area contributed by atoms with E-state index in [0.29, 0.717) is 13.1 Å².